The molecule has 0 radical (unpaired) electrons. The van der Waals surface area contributed by atoms with Crippen LogP contribution in [0.5, 0.6) is 34.5 Å². The first-order valence-corrected chi connectivity index (χ1v) is 12.1. The summed E-state index contributed by atoms with van der Waals surface area (Å²) in [7, 11) is 11.4. The zero-order valence-corrected chi connectivity index (χ0v) is 23.2. The molecule has 0 aliphatic carbocycles. The zero-order valence-electron chi connectivity index (χ0n) is 23.2. The molecule has 2 aliphatic rings. The summed E-state index contributed by atoms with van der Waals surface area (Å²) >= 11 is 0. The Labute approximate surface area is 228 Å². The van der Waals surface area contributed by atoms with Gasteiger partial charge in [-0.25, -0.2) is 0 Å². The van der Waals surface area contributed by atoms with Crippen molar-refractivity contribution in [3.05, 3.63) is 63.8 Å². The topological polar surface area (TPSA) is 118 Å². The minimum absolute atomic E-state index is 0.0512. The smallest absolute Gasteiger partial charge is 0.205 e. The quantitative estimate of drug-likeness (QED) is 0.534. The molecule has 2 aromatic rings. The molecule has 0 spiro atoms. The van der Waals surface area contributed by atoms with Crippen molar-refractivity contribution < 1.29 is 33.2 Å². The lowest BCUT2D eigenvalue weighted by Gasteiger charge is -2.37. The minimum atomic E-state index is -0.487. The molecule has 0 amide bonds. The fraction of sp³-hybridized carbons (Fsp3) is 0.345. The molecule has 0 saturated carbocycles. The van der Waals surface area contributed by atoms with Crippen molar-refractivity contribution in [2.45, 2.75) is 5.92 Å². The third-order valence-corrected chi connectivity index (χ3v) is 6.75. The van der Waals surface area contributed by atoms with Crippen LogP contribution in [-0.4, -0.2) is 67.7 Å². The lowest BCUT2D eigenvalue weighted by atomic mass is 9.80. The summed E-state index contributed by atoms with van der Waals surface area (Å²) in [4.78, 5) is 2.15. The second kappa shape index (κ2) is 11.5. The Kier molecular flexibility index (Phi) is 8.12. The highest BCUT2D eigenvalue weighted by Gasteiger charge is 2.38. The highest BCUT2D eigenvalue weighted by molar-refractivity contribution is 5.68. The van der Waals surface area contributed by atoms with E-state index in [9.17, 15) is 5.26 Å². The maximum absolute atomic E-state index is 10.1. The van der Waals surface area contributed by atoms with Gasteiger partial charge in [-0.05, 0) is 54.1 Å². The Morgan fingerprint density at radius 2 is 1.36 bits per heavy atom. The first-order valence-electron chi connectivity index (χ1n) is 12.1. The largest absolute Gasteiger partial charge is 0.493 e. The van der Waals surface area contributed by atoms with E-state index in [2.05, 4.69) is 11.0 Å². The van der Waals surface area contributed by atoms with Crippen molar-refractivity contribution in [1.82, 2.24) is 4.90 Å². The number of rotatable bonds is 8. The van der Waals surface area contributed by atoms with Crippen molar-refractivity contribution in [2.75, 3.05) is 62.8 Å². The van der Waals surface area contributed by atoms with Gasteiger partial charge in [0.15, 0.2) is 23.0 Å². The molecule has 0 fully saturated rings. The molecular weight excluding hydrogens is 502 g/mol. The molecular formula is C29H33N3O7. The molecule has 1 unspecified atom stereocenters. The van der Waals surface area contributed by atoms with Gasteiger partial charge in [0, 0.05) is 18.7 Å². The number of nitrogens with two attached hydrogens (primary N) is 1. The fourth-order valence-corrected chi connectivity index (χ4v) is 5.07. The van der Waals surface area contributed by atoms with Crippen LogP contribution in [0.1, 0.15) is 17.0 Å². The Hall–Kier alpha value is -4.49. The van der Waals surface area contributed by atoms with E-state index >= 15 is 0 Å². The number of hydrogen-bond acceptors (Lipinski definition) is 10. The van der Waals surface area contributed by atoms with E-state index in [1.54, 1.807) is 42.7 Å². The molecule has 2 N–H and O–H groups in total. The van der Waals surface area contributed by atoms with Crippen molar-refractivity contribution in [2.24, 2.45) is 5.73 Å². The van der Waals surface area contributed by atoms with E-state index in [4.69, 9.17) is 38.9 Å². The number of ether oxygens (including phenoxy) is 7. The van der Waals surface area contributed by atoms with Gasteiger partial charge in [0.25, 0.3) is 0 Å². The molecule has 10 nitrogen and oxygen atoms in total. The summed E-state index contributed by atoms with van der Waals surface area (Å²) in [5, 5.41) is 10.1. The van der Waals surface area contributed by atoms with Crippen LogP contribution in [0.2, 0.25) is 0 Å². The van der Waals surface area contributed by atoms with E-state index in [-0.39, 0.29) is 5.88 Å². The highest BCUT2D eigenvalue weighted by atomic mass is 16.5. The Bertz CT molecular complexity index is 1350. The number of likely N-dealkylation sites (N-methyl/N-ethyl adjacent to an activating group) is 1. The molecule has 0 saturated heterocycles. The average molecular weight is 536 g/mol. The van der Waals surface area contributed by atoms with Gasteiger partial charge in [-0.1, -0.05) is 0 Å². The standard InChI is InChI=1S/C29H33N3O7/c1-32-14-18(8-16-9-21(33-2)27(37-6)22(10-16)34-3)26-20(15-32)25(19(13-30)29(31)39-26)17-11-23(35-4)28(38-7)24(12-17)36-5/h8-12,25H,14-15,31H2,1-7H3/b18-8+. The lowest BCUT2D eigenvalue weighted by Crippen LogP contribution is -2.36. The van der Waals surface area contributed by atoms with Crippen LogP contribution in [0.25, 0.3) is 6.08 Å². The fourth-order valence-electron chi connectivity index (χ4n) is 5.07. The lowest BCUT2D eigenvalue weighted by molar-refractivity contribution is 0.251. The van der Waals surface area contributed by atoms with Crippen LogP contribution in [0.4, 0.5) is 0 Å². The molecule has 0 bridgehead atoms. The van der Waals surface area contributed by atoms with Crippen LogP contribution in [0, 0.1) is 11.3 Å². The first kappa shape index (κ1) is 27.5. The van der Waals surface area contributed by atoms with Gasteiger partial charge < -0.3 is 38.9 Å². The Balaban J connectivity index is 1.92. The predicted molar refractivity (Wildman–Crippen MR) is 145 cm³/mol. The molecule has 206 valence electrons. The van der Waals surface area contributed by atoms with Crippen LogP contribution >= 0.6 is 0 Å². The van der Waals surface area contributed by atoms with E-state index < -0.39 is 5.92 Å². The predicted octanol–water partition coefficient (Wildman–Crippen LogP) is 3.83. The molecule has 2 heterocycles. The SMILES string of the molecule is COc1cc(/C=C2\CN(C)CC3=C2OC(N)=C(C#N)C3c2cc(OC)c(OC)c(OC)c2)cc(OC)c1OC. The van der Waals surface area contributed by atoms with Gasteiger partial charge >= 0.3 is 0 Å². The average Bonchev–Trinajstić information content (AvgIpc) is 2.95. The molecule has 0 aromatic heterocycles. The number of benzene rings is 2. The van der Waals surface area contributed by atoms with Crippen molar-refractivity contribution in [3.63, 3.8) is 0 Å². The zero-order chi connectivity index (χ0) is 28.3. The van der Waals surface area contributed by atoms with Gasteiger partial charge in [0.1, 0.15) is 17.4 Å². The molecule has 10 heteroatoms. The Morgan fingerprint density at radius 1 is 0.846 bits per heavy atom. The molecule has 2 aliphatic heterocycles. The third kappa shape index (κ3) is 5.01. The second-order valence-corrected chi connectivity index (χ2v) is 9.04. The van der Waals surface area contributed by atoms with E-state index in [1.165, 1.54) is 0 Å². The van der Waals surface area contributed by atoms with Crippen LogP contribution in [0.3, 0.4) is 0 Å². The normalized spacial score (nSPS) is 18.2. The summed E-state index contributed by atoms with van der Waals surface area (Å²) in [5.41, 5.74) is 10.0. The first-order chi connectivity index (χ1) is 18.8. The minimum Gasteiger partial charge on any atom is -0.493 e. The number of nitriles is 1. The number of hydrogen-bond donors (Lipinski definition) is 1. The summed E-state index contributed by atoms with van der Waals surface area (Å²) in [6.45, 7) is 1.15. The summed E-state index contributed by atoms with van der Waals surface area (Å²) < 4.78 is 39.4. The maximum Gasteiger partial charge on any atom is 0.205 e. The number of methoxy groups -OCH3 is 6. The van der Waals surface area contributed by atoms with Gasteiger partial charge in [-0.15, -0.1) is 0 Å². The van der Waals surface area contributed by atoms with Crippen molar-refractivity contribution >= 4 is 6.08 Å². The summed E-state index contributed by atoms with van der Waals surface area (Å²) in [6, 6.07) is 9.66. The van der Waals surface area contributed by atoms with Gasteiger partial charge in [0.2, 0.25) is 17.4 Å². The third-order valence-electron chi connectivity index (χ3n) is 6.75. The monoisotopic (exact) mass is 535 g/mol. The van der Waals surface area contributed by atoms with E-state index in [0.717, 1.165) is 22.3 Å². The van der Waals surface area contributed by atoms with Gasteiger partial charge in [0.05, 0.1) is 48.6 Å². The molecule has 2 aromatic carbocycles. The Morgan fingerprint density at radius 3 is 1.82 bits per heavy atom. The molecule has 1 atom stereocenters. The molecule has 39 heavy (non-hydrogen) atoms. The molecule has 4 rings (SSSR count). The van der Waals surface area contributed by atoms with E-state index in [0.29, 0.717) is 58.9 Å². The highest BCUT2D eigenvalue weighted by Crippen LogP contribution is 2.48. The second-order valence-electron chi connectivity index (χ2n) is 9.04. The van der Waals surface area contributed by atoms with Crippen LogP contribution in [0.15, 0.2) is 52.6 Å². The summed E-state index contributed by atoms with van der Waals surface area (Å²) in [6.07, 6.45) is 1.99. The maximum atomic E-state index is 10.1. The van der Waals surface area contributed by atoms with Crippen molar-refractivity contribution in [3.8, 4) is 40.6 Å². The van der Waals surface area contributed by atoms with Crippen molar-refractivity contribution in [1.29, 1.82) is 5.26 Å². The summed E-state index contributed by atoms with van der Waals surface area (Å²) in [5.74, 6) is 3.18. The van der Waals surface area contributed by atoms with Crippen LogP contribution in [-0.2, 0) is 4.74 Å². The van der Waals surface area contributed by atoms with E-state index in [1.807, 2.05) is 37.4 Å². The number of nitrogens with zero attached hydrogens (tertiary/aromatic N) is 2. The number of allylic oxidation sites excluding steroid dienone is 1. The van der Waals surface area contributed by atoms with Gasteiger partial charge in [-0.2, -0.15) is 5.26 Å². The van der Waals surface area contributed by atoms with Crippen LogP contribution < -0.4 is 34.2 Å². The van der Waals surface area contributed by atoms with Gasteiger partial charge in [-0.3, -0.25) is 4.90 Å².